The van der Waals surface area contributed by atoms with Gasteiger partial charge >= 0.3 is 0 Å². The van der Waals surface area contributed by atoms with Crippen LogP contribution >= 0.6 is 0 Å². The van der Waals surface area contributed by atoms with Crippen LogP contribution < -0.4 is 0 Å². The van der Waals surface area contributed by atoms with Crippen molar-refractivity contribution in [1.29, 1.82) is 0 Å². The molecule has 0 N–H and O–H groups in total. The Bertz CT molecular complexity index is 533. The minimum absolute atomic E-state index is 0.331. The third kappa shape index (κ3) is 2.38. The second-order valence-electron chi connectivity index (χ2n) is 4.62. The lowest BCUT2D eigenvalue weighted by Crippen LogP contribution is -2.14. The van der Waals surface area contributed by atoms with Gasteiger partial charge in [0.25, 0.3) is 0 Å². The molecule has 0 bridgehead atoms. The van der Waals surface area contributed by atoms with Gasteiger partial charge in [-0.2, -0.15) is 0 Å². The summed E-state index contributed by atoms with van der Waals surface area (Å²) in [5.41, 5.74) is 4.09. The molecular weight excluding hydrogens is 226 g/mol. The van der Waals surface area contributed by atoms with Gasteiger partial charge in [-0.3, -0.25) is 4.98 Å². The highest BCUT2D eigenvalue weighted by Gasteiger charge is 2.15. The van der Waals surface area contributed by atoms with Crippen LogP contribution in [0.25, 0.3) is 11.2 Å². The van der Waals surface area contributed by atoms with Crippen molar-refractivity contribution >= 4 is 11.2 Å². The monoisotopic (exact) mass is 247 g/mol. The van der Waals surface area contributed by atoms with Crippen molar-refractivity contribution in [2.24, 2.45) is 0 Å². The largest absolute Gasteiger partial charge is 0.380 e. The van der Waals surface area contributed by atoms with Crippen molar-refractivity contribution in [3.8, 4) is 0 Å². The molecule has 4 nitrogen and oxygen atoms in total. The quantitative estimate of drug-likeness (QED) is 0.815. The molecule has 0 radical (unpaired) electrons. The molecule has 2 aromatic rings. The fourth-order valence-electron chi connectivity index (χ4n) is 2.18. The van der Waals surface area contributed by atoms with Crippen LogP contribution in [0.15, 0.2) is 12.4 Å². The van der Waals surface area contributed by atoms with E-state index in [0.717, 1.165) is 36.5 Å². The summed E-state index contributed by atoms with van der Waals surface area (Å²) in [5.74, 6) is 0. The van der Waals surface area contributed by atoms with Crippen molar-refractivity contribution in [2.45, 2.75) is 40.2 Å². The molecule has 2 rings (SSSR count). The summed E-state index contributed by atoms with van der Waals surface area (Å²) in [6, 6.07) is 0.331. The predicted octanol–water partition coefficient (Wildman–Crippen LogP) is 3.04. The predicted molar refractivity (Wildman–Crippen MR) is 72.8 cm³/mol. The van der Waals surface area contributed by atoms with Crippen LogP contribution in [0.2, 0.25) is 0 Å². The Kier molecular flexibility index (Phi) is 3.97. The van der Waals surface area contributed by atoms with Gasteiger partial charge in [-0.05, 0) is 32.8 Å². The molecular formula is C14H21N3O. The van der Waals surface area contributed by atoms with Crippen molar-refractivity contribution in [3.63, 3.8) is 0 Å². The van der Waals surface area contributed by atoms with Crippen molar-refractivity contribution in [1.82, 2.24) is 14.5 Å². The van der Waals surface area contributed by atoms with Crippen molar-refractivity contribution < 1.29 is 4.74 Å². The zero-order valence-corrected chi connectivity index (χ0v) is 11.6. The van der Waals surface area contributed by atoms with Crippen LogP contribution in [-0.2, 0) is 4.74 Å². The maximum absolute atomic E-state index is 5.56. The van der Waals surface area contributed by atoms with Gasteiger partial charge in [0.05, 0.1) is 18.3 Å². The molecule has 0 spiro atoms. The summed E-state index contributed by atoms with van der Waals surface area (Å²) in [6.45, 7) is 9.73. The van der Waals surface area contributed by atoms with Crippen molar-refractivity contribution in [2.75, 3.05) is 13.2 Å². The first-order chi connectivity index (χ1) is 8.67. The summed E-state index contributed by atoms with van der Waals surface area (Å²) in [4.78, 5) is 9.09. The Morgan fingerprint density at radius 3 is 2.78 bits per heavy atom. The number of aryl methyl sites for hydroxylation is 2. The number of ether oxygens (including phenoxy) is 1. The van der Waals surface area contributed by atoms with E-state index in [-0.39, 0.29) is 0 Å². The maximum atomic E-state index is 5.56. The van der Waals surface area contributed by atoms with Gasteiger partial charge in [0.1, 0.15) is 5.52 Å². The van der Waals surface area contributed by atoms with Gasteiger partial charge < -0.3 is 9.30 Å². The van der Waals surface area contributed by atoms with Gasteiger partial charge in [-0.15, -0.1) is 0 Å². The second-order valence-corrected chi connectivity index (χ2v) is 4.62. The summed E-state index contributed by atoms with van der Waals surface area (Å²) in [5, 5.41) is 0. The molecule has 0 saturated carbocycles. The lowest BCUT2D eigenvalue weighted by molar-refractivity contribution is 0.113. The average molecular weight is 247 g/mol. The number of aromatic nitrogens is 3. The Hall–Kier alpha value is -1.42. The number of nitrogens with zero attached hydrogens (tertiary/aromatic N) is 3. The Morgan fingerprint density at radius 1 is 1.33 bits per heavy atom. The molecule has 2 aromatic heterocycles. The molecule has 18 heavy (non-hydrogen) atoms. The van der Waals surface area contributed by atoms with E-state index in [4.69, 9.17) is 4.74 Å². The standard InChI is InChI=1S/C14H21N3O/c1-5-12(9-18-6-2)17-8-10(3)13-14(17)16-11(4)7-15-13/h7-8,12H,5-6,9H2,1-4H3/t12-/m1/s1. The fraction of sp³-hybridized carbons (Fsp3) is 0.571. The van der Waals surface area contributed by atoms with Crippen LogP contribution in [0.5, 0.6) is 0 Å². The Balaban J connectivity index is 2.45. The molecule has 98 valence electrons. The number of rotatable bonds is 5. The topological polar surface area (TPSA) is 39.9 Å². The Labute approximate surface area is 108 Å². The summed E-state index contributed by atoms with van der Waals surface area (Å²) < 4.78 is 7.77. The fourth-order valence-corrected chi connectivity index (χ4v) is 2.18. The van der Waals surface area contributed by atoms with Crippen LogP contribution in [0, 0.1) is 13.8 Å². The van der Waals surface area contributed by atoms with E-state index in [1.165, 1.54) is 5.56 Å². The molecule has 0 aliphatic rings. The minimum atomic E-state index is 0.331. The van der Waals surface area contributed by atoms with E-state index >= 15 is 0 Å². The first-order valence-electron chi connectivity index (χ1n) is 6.55. The zero-order chi connectivity index (χ0) is 13.1. The average Bonchev–Trinajstić information content (AvgIpc) is 2.67. The van der Waals surface area contributed by atoms with Crippen LogP contribution in [0.4, 0.5) is 0 Å². The maximum Gasteiger partial charge on any atom is 0.159 e. The third-order valence-electron chi connectivity index (χ3n) is 3.20. The molecule has 0 unspecified atom stereocenters. The van der Waals surface area contributed by atoms with Gasteiger partial charge in [0, 0.05) is 19.0 Å². The smallest absolute Gasteiger partial charge is 0.159 e. The highest BCUT2D eigenvalue weighted by molar-refractivity contribution is 5.75. The molecule has 0 saturated heterocycles. The Morgan fingerprint density at radius 2 is 2.11 bits per heavy atom. The highest BCUT2D eigenvalue weighted by atomic mass is 16.5. The minimum Gasteiger partial charge on any atom is -0.380 e. The van der Waals surface area contributed by atoms with E-state index < -0.39 is 0 Å². The number of hydrogen-bond acceptors (Lipinski definition) is 3. The van der Waals surface area contributed by atoms with Gasteiger partial charge in [-0.1, -0.05) is 6.92 Å². The first kappa shape index (κ1) is 13.0. The molecule has 0 aliphatic heterocycles. The molecule has 0 aliphatic carbocycles. The molecule has 0 aromatic carbocycles. The van der Waals surface area contributed by atoms with E-state index in [9.17, 15) is 0 Å². The molecule has 4 heteroatoms. The molecule has 0 amide bonds. The molecule has 0 fully saturated rings. The van der Waals surface area contributed by atoms with Gasteiger partial charge in [-0.25, -0.2) is 4.98 Å². The van der Waals surface area contributed by atoms with Gasteiger partial charge in [0.2, 0.25) is 0 Å². The first-order valence-corrected chi connectivity index (χ1v) is 6.55. The lowest BCUT2D eigenvalue weighted by Gasteiger charge is -2.17. The van der Waals surface area contributed by atoms with Gasteiger partial charge in [0.15, 0.2) is 5.65 Å². The number of fused-ring (bicyclic) bond motifs is 1. The summed E-state index contributed by atoms with van der Waals surface area (Å²) in [6.07, 6.45) is 4.99. The normalized spacial score (nSPS) is 13.1. The summed E-state index contributed by atoms with van der Waals surface area (Å²) in [7, 11) is 0. The van der Waals surface area contributed by atoms with E-state index in [1.54, 1.807) is 0 Å². The number of hydrogen-bond donors (Lipinski definition) is 0. The second kappa shape index (κ2) is 5.48. The van der Waals surface area contributed by atoms with Crippen LogP contribution in [-0.4, -0.2) is 27.7 Å². The molecule has 2 heterocycles. The lowest BCUT2D eigenvalue weighted by atomic mass is 10.2. The zero-order valence-electron chi connectivity index (χ0n) is 11.6. The summed E-state index contributed by atoms with van der Waals surface area (Å²) >= 11 is 0. The van der Waals surface area contributed by atoms with E-state index in [0.29, 0.717) is 6.04 Å². The highest BCUT2D eigenvalue weighted by Crippen LogP contribution is 2.23. The van der Waals surface area contributed by atoms with Crippen LogP contribution in [0.3, 0.4) is 0 Å². The third-order valence-corrected chi connectivity index (χ3v) is 3.20. The van der Waals surface area contributed by atoms with E-state index in [1.807, 2.05) is 20.0 Å². The molecule has 1 atom stereocenters. The SMILES string of the molecule is CCOC[C@@H](CC)n1cc(C)c2ncc(C)nc21. The van der Waals surface area contributed by atoms with E-state index in [2.05, 4.69) is 34.6 Å². The van der Waals surface area contributed by atoms with Crippen LogP contribution in [0.1, 0.15) is 37.6 Å². The van der Waals surface area contributed by atoms with Crippen molar-refractivity contribution in [3.05, 3.63) is 23.7 Å².